The van der Waals surface area contributed by atoms with Crippen LogP contribution < -0.4 is 14.8 Å². The Morgan fingerprint density at radius 1 is 1.15 bits per heavy atom. The fraction of sp³-hybridized carbons (Fsp3) is 0.211. The Balaban J connectivity index is 1.61. The Hall–Kier alpha value is -3.35. The summed E-state index contributed by atoms with van der Waals surface area (Å²) >= 11 is 0. The van der Waals surface area contributed by atoms with Gasteiger partial charge in [0, 0.05) is 23.9 Å². The predicted octanol–water partition coefficient (Wildman–Crippen LogP) is 2.81. The van der Waals surface area contributed by atoms with E-state index in [0.29, 0.717) is 30.3 Å². The van der Waals surface area contributed by atoms with Crippen LogP contribution in [0.1, 0.15) is 15.9 Å². The molecule has 7 nitrogen and oxygen atoms in total. The molecule has 2 aromatic carbocycles. The monoisotopic (exact) mass is 350 g/mol. The predicted molar refractivity (Wildman–Crippen MR) is 96.6 cm³/mol. The first-order valence-electron chi connectivity index (χ1n) is 8.28. The van der Waals surface area contributed by atoms with Crippen LogP contribution in [0.15, 0.2) is 42.7 Å². The summed E-state index contributed by atoms with van der Waals surface area (Å²) in [5.41, 5.74) is 3.09. The number of carbonyl (C=O) groups excluding carboxylic acids is 1. The first kappa shape index (κ1) is 16.1. The molecular weight excluding hydrogens is 332 g/mol. The molecular formula is C19H18N4O3. The molecule has 0 bridgehead atoms. The molecule has 1 aromatic heterocycles. The number of rotatable bonds is 3. The molecule has 1 amide bonds. The quantitative estimate of drug-likeness (QED) is 0.786. The van der Waals surface area contributed by atoms with Crippen molar-refractivity contribution in [1.82, 2.24) is 14.8 Å². The highest BCUT2D eigenvalue weighted by atomic mass is 16.6. The zero-order valence-corrected chi connectivity index (χ0v) is 14.5. The van der Waals surface area contributed by atoms with Gasteiger partial charge in [0.05, 0.1) is 0 Å². The fourth-order valence-corrected chi connectivity index (χ4v) is 2.92. The second-order valence-corrected chi connectivity index (χ2v) is 6.06. The van der Waals surface area contributed by atoms with Gasteiger partial charge >= 0.3 is 0 Å². The van der Waals surface area contributed by atoms with Gasteiger partial charge in [-0.3, -0.25) is 4.79 Å². The van der Waals surface area contributed by atoms with Crippen molar-refractivity contribution in [1.29, 1.82) is 0 Å². The lowest BCUT2D eigenvalue weighted by atomic mass is 10.1. The van der Waals surface area contributed by atoms with Gasteiger partial charge < -0.3 is 19.4 Å². The minimum Gasteiger partial charge on any atom is -0.486 e. The molecule has 7 heteroatoms. The number of anilines is 1. The molecule has 0 unspecified atom stereocenters. The van der Waals surface area contributed by atoms with Gasteiger partial charge in [-0.15, -0.1) is 10.2 Å². The number of ether oxygens (including phenoxy) is 2. The van der Waals surface area contributed by atoms with Crippen LogP contribution in [0.3, 0.4) is 0 Å². The number of carbonyl (C=O) groups is 1. The molecule has 0 spiro atoms. The number of nitrogens with zero attached hydrogens (tertiary/aromatic N) is 3. The van der Waals surface area contributed by atoms with Gasteiger partial charge in [0.25, 0.3) is 5.91 Å². The van der Waals surface area contributed by atoms with Crippen molar-refractivity contribution in [2.75, 3.05) is 18.5 Å². The lowest BCUT2D eigenvalue weighted by Crippen LogP contribution is -2.17. The van der Waals surface area contributed by atoms with Crippen LogP contribution in [0.4, 0.5) is 5.69 Å². The molecule has 1 aliphatic rings. The van der Waals surface area contributed by atoms with Gasteiger partial charge in [0.15, 0.2) is 17.3 Å². The minimum atomic E-state index is -0.208. The Labute approximate surface area is 150 Å². The van der Waals surface area contributed by atoms with Gasteiger partial charge in [-0.25, -0.2) is 0 Å². The first-order chi connectivity index (χ1) is 12.6. The van der Waals surface area contributed by atoms with Crippen molar-refractivity contribution < 1.29 is 14.3 Å². The zero-order valence-electron chi connectivity index (χ0n) is 14.5. The van der Waals surface area contributed by atoms with E-state index in [-0.39, 0.29) is 5.91 Å². The summed E-state index contributed by atoms with van der Waals surface area (Å²) in [5, 5.41) is 11.0. The number of fused-ring (bicyclic) bond motifs is 1. The average Bonchev–Trinajstić information content (AvgIpc) is 3.08. The normalized spacial score (nSPS) is 12.7. The van der Waals surface area contributed by atoms with E-state index < -0.39 is 0 Å². The maximum absolute atomic E-state index is 12.7. The zero-order chi connectivity index (χ0) is 18.1. The summed E-state index contributed by atoms with van der Waals surface area (Å²) in [6.45, 7) is 2.95. The van der Waals surface area contributed by atoms with Crippen molar-refractivity contribution in [2.24, 2.45) is 7.05 Å². The van der Waals surface area contributed by atoms with Gasteiger partial charge in [-0.05, 0) is 36.8 Å². The molecule has 1 aliphatic heterocycles. The number of amides is 1. The average molecular weight is 350 g/mol. The SMILES string of the molecule is Cc1c(NC(=O)c2ccc3c(c2)OCCO3)cccc1-c1nncn1C. The second kappa shape index (κ2) is 6.51. The van der Waals surface area contributed by atoms with E-state index in [4.69, 9.17) is 9.47 Å². The summed E-state index contributed by atoms with van der Waals surface area (Å²) in [4.78, 5) is 12.7. The minimum absolute atomic E-state index is 0.208. The van der Waals surface area contributed by atoms with E-state index in [1.807, 2.05) is 36.7 Å². The molecule has 0 atom stereocenters. The summed E-state index contributed by atoms with van der Waals surface area (Å²) in [5.74, 6) is 1.79. The number of hydrogen-bond acceptors (Lipinski definition) is 5. The molecule has 0 fully saturated rings. The highest BCUT2D eigenvalue weighted by Crippen LogP contribution is 2.31. The van der Waals surface area contributed by atoms with Crippen LogP contribution in [0.25, 0.3) is 11.4 Å². The van der Waals surface area contributed by atoms with Crippen molar-refractivity contribution in [2.45, 2.75) is 6.92 Å². The second-order valence-electron chi connectivity index (χ2n) is 6.06. The molecule has 26 heavy (non-hydrogen) atoms. The number of aryl methyl sites for hydroxylation is 1. The standard InChI is InChI=1S/C19H18N4O3/c1-12-14(18-22-20-11-23(18)2)4-3-5-15(12)21-19(24)13-6-7-16-17(10-13)26-9-8-25-16/h3-7,10-11H,8-9H2,1-2H3,(H,21,24). The highest BCUT2D eigenvalue weighted by Gasteiger charge is 2.17. The summed E-state index contributed by atoms with van der Waals surface area (Å²) < 4.78 is 12.9. The Morgan fingerprint density at radius 2 is 1.96 bits per heavy atom. The Kier molecular flexibility index (Phi) is 4.04. The molecule has 1 N–H and O–H groups in total. The fourth-order valence-electron chi connectivity index (χ4n) is 2.92. The molecule has 0 aliphatic carbocycles. The van der Waals surface area contributed by atoms with Crippen molar-refractivity contribution >= 4 is 11.6 Å². The van der Waals surface area contributed by atoms with E-state index in [0.717, 1.165) is 22.6 Å². The summed E-state index contributed by atoms with van der Waals surface area (Å²) in [6, 6.07) is 10.9. The maximum atomic E-state index is 12.7. The van der Waals surface area contributed by atoms with Crippen LogP contribution >= 0.6 is 0 Å². The van der Waals surface area contributed by atoms with Gasteiger partial charge in [0.1, 0.15) is 19.5 Å². The number of nitrogens with one attached hydrogen (secondary N) is 1. The van der Waals surface area contributed by atoms with E-state index in [9.17, 15) is 4.79 Å². The number of benzene rings is 2. The Bertz CT molecular complexity index is 981. The van der Waals surface area contributed by atoms with Crippen LogP contribution in [0, 0.1) is 6.92 Å². The Morgan fingerprint density at radius 3 is 2.73 bits per heavy atom. The number of aromatic nitrogens is 3. The van der Waals surface area contributed by atoms with Crippen molar-refractivity contribution in [3.05, 3.63) is 53.9 Å². The highest BCUT2D eigenvalue weighted by molar-refractivity contribution is 6.05. The number of hydrogen-bond donors (Lipinski definition) is 1. The van der Waals surface area contributed by atoms with Gasteiger partial charge in [-0.2, -0.15) is 0 Å². The molecule has 4 rings (SSSR count). The summed E-state index contributed by atoms with van der Waals surface area (Å²) in [6.07, 6.45) is 1.65. The molecule has 132 valence electrons. The van der Waals surface area contributed by atoms with Crippen LogP contribution in [-0.2, 0) is 7.05 Å². The summed E-state index contributed by atoms with van der Waals surface area (Å²) in [7, 11) is 1.88. The van der Waals surface area contributed by atoms with Crippen LogP contribution in [0.2, 0.25) is 0 Å². The van der Waals surface area contributed by atoms with E-state index >= 15 is 0 Å². The lowest BCUT2D eigenvalue weighted by molar-refractivity contribution is 0.102. The third-order valence-corrected chi connectivity index (χ3v) is 4.34. The van der Waals surface area contributed by atoms with Crippen LogP contribution in [-0.4, -0.2) is 33.9 Å². The van der Waals surface area contributed by atoms with Crippen molar-refractivity contribution in [3.63, 3.8) is 0 Å². The molecule has 0 saturated carbocycles. The van der Waals surface area contributed by atoms with E-state index in [2.05, 4.69) is 15.5 Å². The van der Waals surface area contributed by atoms with E-state index in [1.54, 1.807) is 24.5 Å². The third-order valence-electron chi connectivity index (χ3n) is 4.34. The topological polar surface area (TPSA) is 78.3 Å². The first-order valence-corrected chi connectivity index (χ1v) is 8.28. The van der Waals surface area contributed by atoms with Crippen molar-refractivity contribution in [3.8, 4) is 22.9 Å². The smallest absolute Gasteiger partial charge is 0.255 e. The molecule has 2 heterocycles. The molecule has 0 saturated heterocycles. The van der Waals surface area contributed by atoms with E-state index in [1.165, 1.54) is 0 Å². The molecule has 3 aromatic rings. The maximum Gasteiger partial charge on any atom is 0.255 e. The molecule has 0 radical (unpaired) electrons. The lowest BCUT2D eigenvalue weighted by Gasteiger charge is -2.19. The van der Waals surface area contributed by atoms with Gasteiger partial charge in [0.2, 0.25) is 0 Å². The third kappa shape index (κ3) is 2.88. The van der Waals surface area contributed by atoms with Crippen LogP contribution in [0.5, 0.6) is 11.5 Å². The largest absolute Gasteiger partial charge is 0.486 e. The van der Waals surface area contributed by atoms with Gasteiger partial charge in [-0.1, -0.05) is 12.1 Å².